The normalized spacial score (nSPS) is 19.7. The lowest BCUT2D eigenvalue weighted by atomic mass is 9.98. The van der Waals surface area contributed by atoms with Gasteiger partial charge in [0.25, 0.3) is 0 Å². The smallest absolute Gasteiger partial charge is 0.407 e. The largest absolute Gasteiger partial charge is 0.480 e. The number of carboxylic acids is 1. The fraction of sp³-hybridized carbons (Fsp3) is 0.444. The van der Waals surface area contributed by atoms with Crippen molar-refractivity contribution in [3.05, 3.63) is 59.7 Å². The molecule has 8 heteroatoms. The zero-order valence-electron chi connectivity index (χ0n) is 20.1. The Labute approximate surface area is 210 Å². The van der Waals surface area contributed by atoms with E-state index in [1.54, 1.807) is 0 Å². The molecule has 0 bridgehead atoms. The van der Waals surface area contributed by atoms with Crippen LogP contribution in [0.5, 0.6) is 0 Å². The number of amides is 2. The first-order chi connectivity index (χ1) is 16.9. The second kappa shape index (κ2) is 11.2. The van der Waals surface area contributed by atoms with E-state index in [4.69, 9.17) is 4.74 Å². The number of aliphatic carboxylic acids is 1. The molecule has 2 aromatic carbocycles. The SMILES string of the molecule is CCCCC(CC(=O)N1C(C)SCC1C(=O)O)NC(=O)OCC1c2ccccc2-c2ccccc21. The summed E-state index contributed by atoms with van der Waals surface area (Å²) in [5.41, 5.74) is 4.60. The van der Waals surface area contributed by atoms with Gasteiger partial charge in [-0.05, 0) is 35.6 Å². The van der Waals surface area contributed by atoms with Gasteiger partial charge in [0.2, 0.25) is 5.91 Å². The van der Waals surface area contributed by atoms with E-state index in [2.05, 4.69) is 29.6 Å². The molecule has 2 N–H and O–H groups in total. The fourth-order valence-electron chi connectivity index (χ4n) is 5.01. The second-order valence-electron chi connectivity index (χ2n) is 9.10. The van der Waals surface area contributed by atoms with Crippen LogP contribution in [0.4, 0.5) is 4.79 Å². The summed E-state index contributed by atoms with van der Waals surface area (Å²) >= 11 is 1.45. The average Bonchev–Trinajstić information content (AvgIpc) is 3.39. The summed E-state index contributed by atoms with van der Waals surface area (Å²) in [5, 5.41) is 12.2. The van der Waals surface area contributed by atoms with E-state index in [0.717, 1.165) is 35.1 Å². The molecule has 186 valence electrons. The third kappa shape index (κ3) is 5.48. The highest BCUT2D eigenvalue weighted by Crippen LogP contribution is 2.44. The average molecular weight is 497 g/mol. The maximum absolute atomic E-state index is 13.0. The van der Waals surface area contributed by atoms with Crippen molar-refractivity contribution in [1.29, 1.82) is 0 Å². The zero-order valence-corrected chi connectivity index (χ0v) is 20.9. The lowest BCUT2D eigenvalue weighted by Gasteiger charge is -2.27. The first-order valence-corrected chi connectivity index (χ1v) is 13.2. The Kier molecular flexibility index (Phi) is 8.00. The Morgan fingerprint density at radius 3 is 2.34 bits per heavy atom. The Morgan fingerprint density at radius 2 is 1.74 bits per heavy atom. The molecule has 1 aliphatic carbocycles. The lowest BCUT2D eigenvalue weighted by Crippen LogP contribution is -2.47. The number of carbonyl (C=O) groups excluding carboxylic acids is 2. The molecule has 2 aromatic rings. The molecule has 2 amide bonds. The summed E-state index contributed by atoms with van der Waals surface area (Å²) in [5.74, 6) is -0.913. The first kappa shape index (κ1) is 25.1. The maximum Gasteiger partial charge on any atom is 0.407 e. The number of nitrogens with one attached hydrogen (secondary N) is 1. The Hall–Kier alpha value is -3.00. The van der Waals surface area contributed by atoms with Gasteiger partial charge in [-0.15, -0.1) is 11.8 Å². The quantitative estimate of drug-likeness (QED) is 0.515. The van der Waals surface area contributed by atoms with Gasteiger partial charge < -0.3 is 20.1 Å². The number of fused-ring (bicyclic) bond motifs is 3. The van der Waals surface area contributed by atoms with Crippen molar-refractivity contribution in [2.45, 2.75) is 62.9 Å². The summed E-state index contributed by atoms with van der Waals surface area (Å²) < 4.78 is 5.66. The number of nitrogens with zero attached hydrogens (tertiary/aromatic N) is 1. The number of carboxylic acid groups (broad SMARTS) is 1. The molecule has 0 spiro atoms. The van der Waals surface area contributed by atoms with E-state index >= 15 is 0 Å². The van der Waals surface area contributed by atoms with Gasteiger partial charge in [0.15, 0.2) is 0 Å². The molecular formula is C27H32N2O5S. The molecule has 4 rings (SSSR count). The molecule has 3 atom stereocenters. The number of hydrogen-bond donors (Lipinski definition) is 2. The first-order valence-electron chi connectivity index (χ1n) is 12.2. The highest BCUT2D eigenvalue weighted by atomic mass is 32.2. The van der Waals surface area contributed by atoms with Gasteiger partial charge in [-0.1, -0.05) is 68.3 Å². The van der Waals surface area contributed by atoms with E-state index in [9.17, 15) is 19.5 Å². The molecule has 1 aliphatic heterocycles. The minimum atomic E-state index is -0.996. The van der Waals surface area contributed by atoms with Crippen LogP contribution in [0.1, 0.15) is 56.6 Å². The third-order valence-electron chi connectivity index (χ3n) is 6.79. The van der Waals surface area contributed by atoms with Crippen LogP contribution in [0.15, 0.2) is 48.5 Å². The van der Waals surface area contributed by atoms with Crippen LogP contribution >= 0.6 is 11.8 Å². The molecule has 0 saturated carbocycles. The topological polar surface area (TPSA) is 95.9 Å². The number of unbranched alkanes of at least 4 members (excludes halogenated alkanes) is 1. The van der Waals surface area contributed by atoms with Crippen molar-refractivity contribution in [2.75, 3.05) is 12.4 Å². The third-order valence-corrected chi connectivity index (χ3v) is 8.01. The van der Waals surface area contributed by atoms with Crippen molar-refractivity contribution >= 4 is 29.7 Å². The van der Waals surface area contributed by atoms with Crippen molar-refractivity contribution in [3.63, 3.8) is 0 Å². The van der Waals surface area contributed by atoms with Gasteiger partial charge in [-0.3, -0.25) is 4.79 Å². The number of alkyl carbamates (subject to hydrolysis) is 1. The van der Waals surface area contributed by atoms with Gasteiger partial charge in [-0.25, -0.2) is 9.59 Å². The Morgan fingerprint density at radius 1 is 1.11 bits per heavy atom. The number of thioether (sulfide) groups is 1. The summed E-state index contributed by atoms with van der Waals surface area (Å²) in [4.78, 5) is 38.8. The minimum absolute atomic E-state index is 0.0392. The Balaban J connectivity index is 1.39. The van der Waals surface area contributed by atoms with E-state index < -0.39 is 24.1 Å². The lowest BCUT2D eigenvalue weighted by molar-refractivity contribution is -0.149. The zero-order chi connectivity index (χ0) is 24.9. The standard InChI is InChI=1S/C27H32N2O5S/c1-3-4-9-18(14-25(30)29-17(2)35-16-24(29)26(31)32)28-27(33)34-15-23-21-12-7-5-10-19(21)20-11-6-8-13-22(20)23/h5-8,10-13,17-18,23-24H,3-4,9,14-16H2,1-2H3,(H,28,33)(H,31,32). The summed E-state index contributed by atoms with van der Waals surface area (Å²) in [6, 6.07) is 15.1. The van der Waals surface area contributed by atoms with E-state index in [0.29, 0.717) is 12.2 Å². The second-order valence-corrected chi connectivity index (χ2v) is 10.4. The van der Waals surface area contributed by atoms with Crippen molar-refractivity contribution in [2.24, 2.45) is 0 Å². The van der Waals surface area contributed by atoms with Crippen LogP contribution in [-0.2, 0) is 14.3 Å². The van der Waals surface area contributed by atoms with Gasteiger partial charge in [0, 0.05) is 24.1 Å². The molecule has 35 heavy (non-hydrogen) atoms. The number of ether oxygens (including phenoxy) is 1. The predicted octanol–water partition coefficient (Wildman–Crippen LogP) is 4.85. The van der Waals surface area contributed by atoms with Gasteiger partial charge in [0.1, 0.15) is 12.6 Å². The summed E-state index contributed by atoms with van der Waals surface area (Å²) in [6.07, 6.45) is 1.89. The van der Waals surface area contributed by atoms with E-state index in [1.165, 1.54) is 16.7 Å². The monoisotopic (exact) mass is 496 g/mol. The van der Waals surface area contributed by atoms with Gasteiger partial charge >= 0.3 is 12.1 Å². The molecular weight excluding hydrogens is 464 g/mol. The summed E-state index contributed by atoms with van der Waals surface area (Å²) in [6.45, 7) is 4.09. The summed E-state index contributed by atoms with van der Waals surface area (Å²) in [7, 11) is 0. The number of carbonyl (C=O) groups is 3. The molecule has 1 fully saturated rings. The Bertz CT molecular complexity index is 1050. The molecule has 0 radical (unpaired) electrons. The number of rotatable bonds is 9. The van der Waals surface area contributed by atoms with Gasteiger partial charge in [-0.2, -0.15) is 0 Å². The molecule has 1 heterocycles. The van der Waals surface area contributed by atoms with E-state index in [-0.39, 0.29) is 30.2 Å². The van der Waals surface area contributed by atoms with E-state index in [1.807, 2.05) is 38.1 Å². The predicted molar refractivity (Wildman–Crippen MR) is 136 cm³/mol. The van der Waals surface area contributed by atoms with Crippen LogP contribution < -0.4 is 5.32 Å². The molecule has 7 nitrogen and oxygen atoms in total. The number of benzene rings is 2. The van der Waals surface area contributed by atoms with Crippen LogP contribution in [0.25, 0.3) is 11.1 Å². The van der Waals surface area contributed by atoms with Gasteiger partial charge in [0.05, 0.1) is 5.37 Å². The van der Waals surface area contributed by atoms with Crippen LogP contribution in [0.3, 0.4) is 0 Å². The van der Waals surface area contributed by atoms with Crippen LogP contribution in [-0.4, -0.2) is 57.8 Å². The minimum Gasteiger partial charge on any atom is -0.480 e. The van der Waals surface area contributed by atoms with Crippen molar-refractivity contribution in [1.82, 2.24) is 10.2 Å². The molecule has 1 saturated heterocycles. The van der Waals surface area contributed by atoms with Crippen molar-refractivity contribution in [3.8, 4) is 11.1 Å². The fourth-order valence-corrected chi connectivity index (χ4v) is 6.20. The highest BCUT2D eigenvalue weighted by Gasteiger charge is 2.40. The number of hydrogen-bond acceptors (Lipinski definition) is 5. The molecule has 0 aromatic heterocycles. The van der Waals surface area contributed by atoms with Crippen LogP contribution in [0, 0.1) is 0 Å². The van der Waals surface area contributed by atoms with Crippen LogP contribution in [0.2, 0.25) is 0 Å². The molecule has 2 aliphatic rings. The maximum atomic E-state index is 13.0. The van der Waals surface area contributed by atoms with Crippen molar-refractivity contribution < 1.29 is 24.2 Å². The molecule has 3 unspecified atom stereocenters. The highest BCUT2D eigenvalue weighted by molar-refractivity contribution is 8.00.